The van der Waals surface area contributed by atoms with Crippen molar-refractivity contribution >= 4 is 0 Å². The molecule has 5 heteroatoms. The van der Waals surface area contributed by atoms with Crippen LogP contribution in [0.2, 0.25) is 0 Å². The van der Waals surface area contributed by atoms with Crippen molar-refractivity contribution in [3.63, 3.8) is 0 Å². The quantitative estimate of drug-likeness (QED) is 0.596. The molecule has 0 spiro atoms. The van der Waals surface area contributed by atoms with Gasteiger partial charge in [0, 0.05) is 0 Å². The van der Waals surface area contributed by atoms with Crippen LogP contribution in [0.5, 0.6) is 0 Å². The Kier molecular flexibility index (Phi) is 1.65. The Balaban J connectivity index is 2.98. The highest BCUT2D eigenvalue weighted by atomic mass is 19.3. The minimum atomic E-state index is -2.76. The number of halogens is 3. The molecule has 1 rings (SSSR count). The summed E-state index contributed by atoms with van der Waals surface area (Å²) in [5.41, 5.74) is -0.0136. The monoisotopic (exact) mass is 150 g/mol. The van der Waals surface area contributed by atoms with Crippen molar-refractivity contribution in [2.24, 2.45) is 0 Å². The summed E-state index contributed by atoms with van der Waals surface area (Å²) in [4.78, 5) is 0. The highest BCUT2D eigenvalue weighted by Crippen LogP contribution is 2.10. The summed E-state index contributed by atoms with van der Waals surface area (Å²) >= 11 is 0. The summed E-state index contributed by atoms with van der Waals surface area (Å²) in [6.07, 6.45) is 0.667. The summed E-state index contributed by atoms with van der Waals surface area (Å²) < 4.78 is 36.0. The van der Waals surface area contributed by atoms with Crippen LogP contribution in [0.1, 0.15) is 12.2 Å². The van der Waals surface area contributed by atoms with E-state index in [1.54, 1.807) is 0 Å². The Bertz CT molecular complexity index is 211. The van der Waals surface area contributed by atoms with E-state index in [1.165, 1.54) is 6.92 Å². The van der Waals surface area contributed by atoms with Crippen LogP contribution in [-0.4, -0.2) is 9.78 Å². The Labute approximate surface area is 55.3 Å². The molecule has 1 heterocycles. The fourth-order valence-electron chi connectivity index (χ4n) is 0.559. The molecule has 56 valence electrons. The first-order chi connectivity index (χ1) is 4.61. The third kappa shape index (κ3) is 1.12. The zero-order chi connectivity index (χ0) is 7.72. The van der Waals surface area contributed by atoms with Gasteiger partial charge in [0.15, 0.2) is 5.82 Å². The lowest BCUT2D eigenvalue weighted by Gasteiger charge is -1.94. The molecule has 0 amide bonds. The molecule has 0 aliphatic carbocycles. The summed E-state index contributed by atoms with van der Waals surface area (Å²) in [7, 11) is 0. The molecule has 0 radical (unpaired) electrons. The maximum atomic E-state index is 12.3. The van der Waals surface area contributed by atoms with Crippen LogP contribution in [0.15, 0.2) is 6.20 Å². The Morgan fingerprint density at radius 1 is 1.60 bits per heavy atom. The maximum Gasteiger partial charge on any atom is 0.333 e. The fourth-order valence-corrected chi connectivity index (χ4v) is 0.559. The number of aromatic nitrogens is 2. The van der Waals surface area contributed by atoms with Crippen molar-refractivity contribution in [2.45, 2.75) is 13.5 Å². The molecule has 0 unspecified atom stereocenters. The summed E-state index contributed by atoms with van der Waals surface area (Å²) in [6, 6.07) is 0. The molecule has 0 bridgehead atoms. The highest BCUT2D eigenvalue weighted by molar-refractivity contribution is 4.99. The molecule has 0 aliphatic rings. The van der Waals surface area contributed by atoms with Crippen LogP contribution < -0.4 is 0 Å². The number of aryl methyl sites for hydroxylation is 1. The van der Waals surface area contributed by atoms with Crippen LogP contribution in [0.4, 0.5) is 13.2 Å². The molecule has 0 aliphatic heterocycles. The SMILES string of the molecule is Cc1nn(C(F)F)cc1F. The predicted octanol–water partition coefficient (Wildman–Crippen LogP) is 1.73. The average Bonchev–Trinajstić information content (AvgIpc) is 2.13. The van der Waals surface area contributed by atoms with E-state index in [2.05, 4.69) is 5.10 Å². The van der Waals surface area contributed by atoms with E-state index in [-0.39, 0.29) is 10.4 Å². The molecule has 0 atom stereocenters. The number of hydrogen-bond acceptors (Lipinski definition) is 1. The number of alkyl halides is 2. The third-order valence-electron chi connectivity index (χ3n) is 1.06. The molecule has 1 aromatic heterocycles. The van der Waals surface area contributed by atoms with Crippen molar-refractivity contribution < 1.29 is 13.2 Å². The smallest absolute Gasteiger partial charge is 0.208 e. The van der Waals surface area contributed by atoms with E-state index in [9.17, 15) is 13.2 Å². The lowest BCUT2D eigenvalue weighted by Crippen LogP contribution is -1.97. The molecular weight excluding hydrogens is 145 g/mol. The van der Waals surface area contributed by atoms with Gasteiger partial charge in [-0.2, -0.15) is 13.9 Å². The van der Waals surface area contributed by atoms with Crippen LogP contribution in [0.25, 0.3) is 0 Å². The maximum absolute atomic E-state index is 12.3. The summed E-state index contributed by atoms with van der Waals surface area (Å²) in [5, 5.41) is 3.20. The lowest BCUT2D eigenvalue weighted by molar-refractivity contribution is 0.0560. The third-order valence-corrected chi connectivity index (χ3v) is 1.06. The van der Waals surface area contributed by atoms with Gasteiger partial charge >= 0.3 is 6.55 Å². The standard InChI is InChI=1S/C5H5F3N2/c1-3-4(6)2-10(9-3)5(7)8/h2,5H,1H3. The zero-order valence-electron chi connectivity index (χ0n) is 5.18. The van der Waals surface area contributed by atoms with Gasteiger partial charge in [-0.1, -0.05) is 0 Å². The Morgan fingerprint density at radius 2 is 2.20 bits per heavy atom. The van der Waals surface area contributed by atoms with E-state index < -0.39 is 12.4 Å². The van der Waals surface area contributed by atoms with Gasteiger partial charge in [0.05, 0.1) is 11.9 Å². The van der Waals surface area contributed by atoms with Crippen LogP contribution in [0, 0.1) is 12.7 Å². The second kappa shape index (κ2) is 2.32. The van der Waals surface area contributed by atoms with Gasteiger partial charge < -0.3 is 0 Å². The molecule has 0 saturated carbocycles. The van der Waals surface area contributed by atoms with Gasteiger partial charge in [0.2, 0.25) is 0 Å². The van der Waals surface area contributed by atoms with Crippen molar-refractivity contribution in [2.75, 3.05) is 0 Å². The summed E-state index contributed by atoms with van der Waals surface area (Å²) in [5.74, 6) is -0.708. The van der Waals surface area contributed by atoms with Crippen LogP contribution >= 0.6 is 0 Å². The topological polar surface area (TPSA) is 17.8 Å². The Morgan fingerprint density at radius 3 is 2.40 bits per heavy atom. The number of hydrogen-bond donors (Lipinski definition) is 0. The first kappa shape index (κ1) is 7.11. The second-order valence-corrected chi connectivity index (χ2v) is 1.82. The van der Waals surface area contributed by atoms with Gasteiger partial charge in [-0.15, -0.1) is 0 Å². The minimum Gasteiger partial charge on any atom is -0.208 e. The first-order valence-corrected chi connectivity index (χ1v) is 2.60. The van der Waals surface area contributed by atoms with Gasteiger partial charge in [0.25, 0.3) is 0 Å². The van der Waals surface area contributed by atoms with E-state index >= 15 is 0 Å². The predicted molar refractivity (Wildman–Crippen MR) is 28.2 cm³/mol. The van der Waals surface area contributed by atoms with Crippen molar-refractivity contribution in [3.05, 3.63) is 17.7 Å². The second-order valence-electron chi connectivity index (χ2n) is 1.82. The molecular formula is C5H5F3N2. The minimum absolute atomic E-state index is 0.0136. The summed E-state index contributed by atoms with van der Waals surface area (Å²) in [6.45, 7) is -1.43. The van der Waals surface area contributed by atoms with Crippen molar-refractivity contribution in [1.82, 2.24) is 9.78 Å². The van der Waals surface area contributed by atoms with E-state index in [0.29, 0.717) is 6.20 Å². The molecule has 0 saturated heterocycles. The largest absolute Gasteiger partial charge is 0.333 e. The Hall–Kier alpha value is -1.00. The van der Waals surface area contributed by atoms with Gasteiger partial charge in [0.1, 0.15) is 0 Å². The van der Waals surface area contributed by atoms with Crippen molar-refractivity contribution in [1.29, 1.82) is 0 Å². The first-order valence-electron chi connectivity index (χ1n) is 2.60. The lowest BCUT2D eigenvalue weighted by atomic mass is 10.5. The number of nitrogens with zero attached hydrogens (tertiary/aromatic N) is 2. The fraction of sp³-hybridized carbons (Fsp3) is 0.400. The molecule has 0 fully saturated rings. The van der Waals surface area contributed by atoms with E-state index in [1.807, 2.05) is 0 Å². The molecule has 1 aromatic rings. The van der Waals surface area contributed by atoms with Gasteiger partial charge in [-0.25, -0.2) is 9.07 Å². The molecule has 0 aromatic carbocycles. The normalized spacial score (nSPS) is 10.9. The molecule has 0 N–H and O–H groups in total. The zero-order valence-corrected chi connectivity index (χ0v) is 5.18. The van der Waals surface area contributed by atoms with Gasteiger partial charge in [-0.05, 0) is 6.92 Å². The number of rotatable bonds is 1. The molecule has 2 nitrogen and oxygen atoms in total. The van der Waals surface area contributed by atoms with E-state index in [4.69, 9.17) is 0 Å². The average molecular weight is 150 g/mol. The highest BCUT2D eigenvalue weighted by Gasteiger charge is 2.09. The van der Waals surface area contributed by atoms with Crippen LogP contribution in [-0.2, 0) is 0 Å². The van der Waals surface area contributed by atoms with Crippen LogP contribution in [0.3, 0.4) is 0 Å². The van der Waals surface area contributed by atoms with Gasteiger partial charge in [-0.3, -0.25) is 0 Å². The van der Waals surface area contributed by atoms with Crippen molar-refractivity contribution in [3.8, 4) is 0 Å². The van der Waals surface area contributed by atoms with E-state index in [0.717, 1.165) is 0 Å². The molecule has 10 heavy (non-hydrogen) atoms.